The monoisotopic (exact) mass is 511 g/mol. The van der Waals surface area contributed by atoms with Crippen LogP contribution in [0.2, 0.25) is 0 Å². The Morgan fingerprint density at radius 1 is 1.18 bits per heavy atom. The summed E-state index contributed by atoms with van der Waals surface area (Å²) in [5.74, 6) is 1.59. The Kier molecular flexibility index (Phi) is 7.08. The normalized spacial score (nSPS) is 17.0. The van der Waals surface area contributed by atoms with Crippen LogP contribution in [0.25, 0.3) is 16.8 Å². The number of benzene rings is 2. The molecule has 5 rings (SSSR count). The van der Waals surface area contributed by atoms with Crippen LogP contribution < -0.4 is 21.7 Å². The van der Waals surface area contributed by atoms with Crippen LogP contribution in [0.4, 0.5) is 11.6 Å². The van der Waals surface area contributed by atoms with Gasteiger partial charge in [-0.3, -0.25) is 4.79 Å². The summed E-state index contributed by atoms with van der Waals surface area (Å²) >= 11 is 0. The fourth-order valence-electron chi connectivity index (χ4n) is 5.03. The molecule has 1 atom stereocenters. The summed E-state index contributed by atoms with van der Waals surface area (Å²) in [7, 11) is 0. The smallest absolute Gasteiger partial charge is 0.248 e. The van der Waals surface area contributed by atoms with E-state index < -0.39 is 5.91 Å². The van der Waals surface area contributed by atoms with Crippen molar-refractivity contribution < 1.29 is 4.79 Å². The van der Waals surface area contributed by atoms with E-state index in [2.05, 4.69) is 60.9 Å². The van der Waals surface area contributed by atoms with E-state index in [1.807, 2.05) is 47.1 Å². The van der Waals surface area contributed by atoms with E-state index in [0.717, 1.165) is 58.9 Å². The number of fused-ring (bicyclic) bond motifs is 1. The zero-order chi connectivity index (χ0) is 26.9. The molecule has 1 fully saturated rings. The van der Waals surface area contributed by atoms with Crippen LogP contribution >= 0.6 is 0 Å². The molecule has 8 nitrogen and oxygen atoms in total. The topological polar surface area (TPSA) is 109 Å². The molecule has 4 aromatic rings. The van der Waals surface area contributed by atoms with Gasteiger partial charge in [0.05, 0.1) is 6.20 Å². The maximum Gasteiger partial charge on any atom is 0.248 e. The Hall–Kier alpha value is -3.91. The largest absolute Gasteiger partial charge is 0.366 e. The van der Waals surface area contributed by atoms with Gasteiger partial charge in [0, 0.05) is 41.9 Å². The van der Waals surface area contributed by atoms with Gasteiger partial charge in [-0.05, 0) is 61.4 Å². The van der Waals surface area contributed by atoms with Crippen LogP contribution in [0.3, 0.4) is 0 Å². The van der Waals surface area contributed by atoms with Gasteiger partial charge in [-0.25, -0.2) is 4.98 Å². The zero-order valence-electron chi connectivity index (χ0n) is 22.6. The number of carbonyl (C=O) groups is 1. The number of nitrogens with zero attached hydrogens (tertiary/aromatic N) is 3. The molecule has 1 aliphatic rings. The summed E-state index contributed by atoms with van der Waals surface area (Å²) in [6.45, 7) is 10.3. The van der Waals surface area contributed by atoms with Gasteiger partial charge in [-0.15, -0.1) is 0 Å². The number of hydrogen-bond donors (Lipinski definition) is 4. The maximum absolute atomic E-state index is 11.7. The first-order valence-electron chi connectivity index (χ1n) is 13.3. The fraction of sp³-hybridized carbons (Fsp3) is 0.367. The minimum atomic E-state index is -0.432. The molecule has 1 amide bonds. The third kappa shape index (κ3) is 5.50. The molecule has 0 bridgehead atoms. The second-order valence-electron chi connectivity index (χ2n) is 11.1. The van der Waals surface area contributed by atoms with Crippen LogP contribution in [0.5, 0.6) is 0 Å². The molecule has 0 radical (unpaired) electrons. The molecular weight excluding hydrogens is 474 g/mol. The van der Waals surface area contributed by atoms with E-state index in [4.69, 9.17) is 10.7 Å². The maximum atomic E-state index is 11.7. The molecule has 8 heteroatoms. The van der Waals surface area contributed by atoms with E-state index in [1.54, 1.807) is 6.07 Å². The van der Waals surface area contributed by atoms with Gasteiger partial charge >= 0.3 is 0 Å². The average molecular weight is 512 g/mol. The fourth-order valence-corrected chi connectivity index (χ4v) is 5.03. The van der Waals surface area contributed by atoms with Crippen molar-refractivity contribution in [3.8, 4) is 11.1 Å². The van der Waals surface area contributed by atoms with Crippen molar-refractivity contribution >= 4 is 23.2 Å². The molecular formula is C30H37N7O. The molecule has 0 spiro atoms. The molecule has 1 saturated heterocycles. The van der Waals surface area contributed by atoms with Crippen LogP contribution in [0.15, 0.2) is 60.8 Å². The first-order chi connectivity index (χ1) is 18.2. The van der Waals surface area contributed by atoms with E-state index in [-0.39, 0.29) is 5.54 Å². The lowest BCUT2D eigenvalue weighted by molar-refractivity contribution is 0.100. The van der Waals surface area contributed by atoms with E-state index >= 15 is 0 Å². The first kappa shape index (κ1) is 25.7. The van der Waals surface area contributed by atoms with Gasteiger partial charge in [0.15, 0.2) is 5.65 Å². The second kappa shape index (κ2) is 10.5. The Morgan fingerprint density at radius 2 is 2.00 bits per heavy atom. The summed E-state index contributed by atoms with van der Waals surface area (Å²) in [4.78, 5) is 16.7. The molecule has 0 aliphatic carbocycles. The van der Waals surface area contributed by atoms with Crippen molar-refractivity contribution in [1.29, 1.82) is 0 Å². The summed E-state index contributed by atoms with van der Waals surface area (Å²) in [5.41, 5.74) is 11.3. The Bertz CT molecular complexity index is 1450. The number of anilines is 2. The van der Waals surface area contributed by atoms with Crippen LogP contribution in [0, 0.1) is 0 Å². The molecule has 3 heterocycles. The highest BCUT2D eigenvalue weighted by molar-refractivity contribution is 5.94. The number of rotatable bonds is 8. The lowest BCUT2D eigenvalue weighted by Crippen LogP contribution is -2.50. The number of hydrogen-bond acceptors (Lipinski definition) is 6. The number of nitrogens with two attached hydrogens (primary N) is 1. The van der Waals surface area contributed by atoms with Crippen LogP contribution in [-0.2, 0) is 6.54 Å². The van der Waals surface area contributed by atoms with Crippen molar-refractivity contribution in [2.75, 3.05) is 17.2 Å². The predicted molar refractivity (Wildman–Crippen MR) is 154 cm³/mol. The Labute approximate surface area is 224 Å². The third-order valence-corrected chi connectivity index (χ3v) is 7.35. The number of piperidine rings is 1. The van der Waals surface area contributed by atoms with Crippen molar-refractivity contribution in [1.82, 2.24) is 19.9 Å². The number of carbonyl (C=O) groups excluding carboxylic acids is 1. The third-order valence-electron chi connectivity index (χ3n) is 7.35. The van der Waals surface area contributed by atoms with Crippen molar-refractivity contribution in [3.63, 3.8) is 0 Å². The van der Waals surface area contributed by atoms with Gasteiger partial charge in [-0.2, -0.15) is 9.61 Å². The average Bonchev–Trinajstić information content (AvgIpc) is 3.33. The quantitative estimate of drug-likeness (QED) is 0.260. The minimum Gasteiger partial charge on any atom is -0.366 e. The molecule has 2 aromatic heterocycles. The highest BCUT2D eigenvalue weighted by atomic mass is 16.1. The molecule has 1 unspecified atom stereocenters. The van der Waals surface area contributed by atoms with Crippen molar-refractivity contribution in [3.05, 3.63) is 77.5 Å². The van der Waals surface area contributed by atoms with Gasteiger partial charge in [0.2, 0.25) is 5.91 Å². The second-order valence-corrected chi connectivity index (χ2v) is 11.1. The Balaban J connectivity index is 1.44. The standard InChI is InChI=1S/C30H37N7O/c1-19(2)25-18-34-37-27(15-26(36-29(25)37)35-23-12-13-30(3,4)33-17-23)32-16-22-8-5-6-11-24(22)20-9-7-10-21(14-20)28(31)38/h5-11,14-15,18-19,23,32-33H,12-13,16-17H2,1-4H3,(H2,31,38)(H,35,36). The van der Waals surface area contributed by atoms with Gasteiger partial charge < -0.3 is 21.7 Å². The lowest BCUT2D eigenvalue weighted by atomic mass is 9.91. The summed E-state index contributed by atoms with van der Waals surface area (Å²) < 4.78 is 1.89. The molecule has 198 valence electrons. The molecule has 38 heavy (non-hydrogen) atoms. The number of nitrogens with one attached hydrogen (secondary N) is 3. The SMILES string of the molecule is CC(C)c1cnn2c(NCc3ccccc3-c3cccc(C(N)=O)c3)cc(NC3CCC(C)(C)NC3)nc12. The lowest BCUT2D eigenvalue weighted by Gasteiger charge is -2.36. The van der Waals surface area contributed by atoms with E-state index in [1.165, 1.54) is 0 Å². The molecule has 0 saturated carbocycles. The van der Waals surface area contributed by atoms with Crippen molar-refractivity contribution in [2.45, 2.75) is 64.6 Å². The summed E-state index contributed by atoms with van der Waals surface area (Å²) in [6, 6.07) is 18.0. The van der Waals surface area contributed by atoms with Gasteiger partial charge in [0.1, 0.15) is 11.6 Å². The van der Waals surface area contributed by atoms with Crippen LogP contribution in [-0.4, -0.2) is 38.6 Å². The summed E-state index contributed by atoms with van der Waals surface area (Å²) in [5, 5.41) is 15.6. The highest BCUT2D eigenvalue weighted by Crippen LogP contribution is 2.28. The number of aromatic nitrogens is 3. The highest BCUT2D eigenvalue weighted by Gasteiger charge is 2.26. The molecule has 1 aliphatic heterocycles. The van der Waals surface area contributed by atoms with Crippen molar-refractivity contribution in [2.24, 2.45) is 5.73 Å². The number of primary amides is 1. The first-order valence-corrected chi connectivity index (χ1v) is 13.3. The zero-order valence-corrected chi connectivity index (χ0v) is 22.6. The Morgan fingerprint density at radius 3 is 2.74 bits per heavy atom. The number of amides is 1. The predicted octanol–water partition coefficient (Wildman–Crippen LogP) is 5.17. The van der Waals surface area contributed by atoms with Gasteiger partial charge in [0.25, 0.3) is 0 Å². The minimum absolute atomic E-state index is 0.170. The van der Waals surface area contributed by atoms with Crippen LogP contribution in [0.1, 0.15) is 67.9 Å². The van der Waals surface area contributed by atoms with Gasteiger partial charge in [-0.1, -0.05) is 50.2 Å². The van der Waals surface area contributed by atoms with E-state index in [9.17, 15) is 4.79 Å². The molecule has 5 N–H and O–H groups in total. The summed E-state index contributed by atoms with van der Waals surface area (Å²) in [6.07, 6.45) is 4.11. The molecule has 2 aromatic carbocycles. The van der Waals surface area contributed by atoms with E-state index in [0.29, 0.717) is 24.1 Å².